The fourth-order valence-electron chi connectivity index (χ4n) is 3.01. The van der Waals surface area contributed by atoms with Gasteiger partial charge in [-0.25, -0.2) is 4.98 Å². The molecule has 23 heavy (non-hydrogen) atoms. The third-order valence-corrected chi connectivity index (χ3v) is 4.21. The molecule has 0 spiro atoms. The topological polar surface area (TPSA) is 53.9 Å². The molecule has 5 heteroatoms. The summed E-state index contributed by atoms with van der Waals surface area (Å²) in [5.41, 5.74) is 2.85. The van der Waals surface area contributed by atoms with Gasteiger partial charge >= 0.3 is 0 Å². The lowest BCUT2D eigenvalue weighted by molar-refractivity contribution is -0.131. The van der Waals surface area contributed by atoms with Crippen LogP contribution in [0.3, 0.4) is 0 Å². The first-order valence-corrected chi connectivity index (χ1v) is 7.83. The molecule has 1 amide bonds. The fraction of sp³-hybridized carbons (Fsp3) is 0.222. The van der Waals surface area contributed by atoms with Gasteiger partial charge in [-0.2, -0.15) is 0 Å². The summed E-state index contributed by atoms with van der Waals surface area (Å²) in [6.45, 7) is 1.88. The maximum Gasteiger partial charge on any atom is 0.242 e. The van der Waals surface area contributed by atoms with Crippen LogP contribution in [0.25, 0.3) is 22.4 Å². The zero-order chi connectivity index (χ0) is 15.6. The van der Waals surface area contributed by atoms with Crippen molar-refractivity contribution in [3.8, 4) is 11.4 Å². The van der Waals surface area contributed by atoms with Gasteiger partial charge in [-0.05, 0) is 36.8 Å². The Hall–Kier alpha value is -2.82. The Kier molecular flexibility index (Phi) is 3.46. The van der Waals surface area contributed by atoms with Crippen LogP contribution in [0.15, 0.2) is 54.9 Å². The number of H-pyrrole nitrogens is 1. The molecule has 0 fully saturated rings. The Morgan fingerprint density at radius 3 is 3.04 bits per heavy atom. The van der Waals surface area contributed by atoms with Crippen molar-refractivity contribution in [2.24, 2.45) is 0 Å². The second-order valence-corrected chi connectivity index (χ2v) is 5.75. The number of hydrogen-bond acceptors (Lipinski definition) is 2. The second-order valence-electron chi connectivity index (χ2n) is 5.75. The van der Waals surface area contributed by atoms with Crippen LogP contribution in [0.5, 0.6) is 0 Å². The summed E-state index contributed by atoms with van der Waals surface area (Å²) in [6.07, 6.45) is 8.85. The smallest absolute Gasteiger partial charge is 0.242 e. The van der Waals surface area contributed by atoms with Gasteiger partial charge in [0.05, 0.1) is 11.4 Å². The van der Waals surface area contributed by atoms with E-state index < -0.39 is 0 Å². The third-order valence-electron chi connectivity index (χ3n) is 4.21. The van der Waals surface area contributed by atoms with Gasteiger partial charge in [0.15, 0.2) is 0 Å². The highest BCUT2D eigenvalue weighted by molar-refractivity contribution is 5.83. The molecule has 4 heterocycles. The lowest BCUT2D eigenvalue weighted by Crippen LogP contribution is -2.36. The van der Waals surface area contributed by atoms with Gasteiger partial charge in [-0.15, -0.1) is 0 Å². The molecule has 0 unspecified atom stereocenters. The summed E-state index contributed by atoms with van der Waals surface area (Å²) < 4.78 is 1.99. The number of aromatic amines is 1. The van der Waals surface area contributed by atoms with Crippen LogP contribution in [-0.4, -0.2) is 38.4 Å². The van der Waals surface area contributed by atoms with Crippen LogP contribution in [0.4, 0.5) is 0 Å². The minimum absolute atomic E-state index is 0.154. The summed E-state index contributed by atoms with van der Waals surface area (Å²) in [5.74, 6) is 0.154. The first-order valence-electron chi connectivity index (χ1n) is 7.83. The average molecular weight is 306 g/mol. The summed E-state index contributed by atoms with van der Waals surface area (Å²) in [6, 6.07) is 10.0. The quantitative estimate of drug-likeness (QED) is 0.757. The van der Waals surface area contributed by atoms with Crippen molar-refractivity contribution in [1.29, 1.82) is 0 Å². The van der Waals surface area contributed by atoms with Gasteiger partial charge in [0.25, 0.3) is 0 Å². The zero-order valence-corrected chi connectivity index (χ0v) is 12.8. The largest absolute Gasteiger partial charge is 0.338 e. The molecule has 0 aliphatic carbocycles. The minimum atomic E-state index is 0.154. The van der Waals surface area contributed by atoms with E-state index in [1.807, 2.05) is 39.9 Å². The molecule has 0 atom stereocenters. The molecule has 1 aliphatic heterocycles. The molecule has 5 nitrogen and oxygen atoms in total. The molecule has 1 aliphatic rings. The van der Waals surface area contributed by atoms with Crippen LogP contribution in [0, 0.1) is 0 Å². The Balaban J connectivity index is 1.60. The van der Waals surface area contributed by atoms with E-state index in [-0.39, 0.29) is 5.91 Å². The SMILES string of the molecule is O=C(Cn1cccc1-c1cc2cccnc2[nH]1)N1CC=CCC1. The normalized spacial score (nSPS) is 14.5. The molecule has 4 rings (SSSR count). The molecule has 0 bridgehead atoms. The van der Waals surface area contributed by atoms with Gasteiger partial charge in [0, 0.05) is 30.9 Å². The first-order chi connectivity index (χ1) is 11.3. The molecule has 0 radical (unpaired) electrons. The van der Waals surface area contributed by atoms with Crippen LogP contribution in [0.1, 0.15) is 6.42 Å². The highest BCUT2D eigenvalue weighted by Gasteiger charge is 2.16. The van der Waals surface area contributed by atoms with Crippen LogP contribution >= 0.6 is 0 Å². The molecule has 116 valence electrons. The van der Waals surface area contributed by atoms with Gasteiger partial charge in [-0.1, -0.05) is 12.2 Å². The number of fused-ring (bicyclic) bond motifs is 1. The molecule has 0 saturated carbocycles. The average Bonchev–Trinajstić information content (AvgIpc) is 3.21. The lowest BCUT2D eigenvalue weighted by atomic mass is 10.2. The van der Waals surface area contributed by atoms with Crippen LogP contribution in [-0.2, 0) is 11.3 Å². The van der Waals surface area contributed by atoms with E-state index in [2.05, 4.69) is 28.2 Å². The predicted octanol–water partition coefficient (Wildman–Crippen LogP) is 2.82. The molecule has 0 aromatic carbocycles. The number of pyridine rings is 1. The maximum absolute atomic E-state index is 12.5. The van der Waals surface area contributed by atoms with Crippen molar-refractivity contribution in [2.45, 2.75) is 13.0 Å². The van der Waals surface area contributed by atoms with Gasteiger partial charge < -0.3 is 14.5 Å². The van der Waals surface area contributed by atoms with E-state index in [0.717, 1.165) is 35.4 Å². The monoisotopic (exact) mass is 306 g/mol. The molecule has 0 saturated heterocycles. The Morgan fingerprint density at radius 1 is 1.26 bits per heavy atom. The summed E-state index contributed by atoms with van der Waals surface area (Å²) in [7, 11) is 0. The number of amides is 1. The number of carbonyl (C=O) groups is 1. The van der Waals surface area contributed by atoms with Crippen molar-refractivity contribution >= 4 is 16.9 Å². The zero-order valence-electron chi connectivity index (χ0n) is 12.8. The van der Waals surface area contributed by atoms with E-state index in [0.29, 0.717) is 13.1 Å². The Labute approximate surface area is 134 Å². The van der Waals surface area contributed by atoms with Crippen LogP contribution < -0.4 is 0 Å². The minimum Gasteiger partial charge on any atom is -0.338 e. The number of carbonyl (C=O) groups excluding carboxylic acids is 1. The first kappa shape index (κ1) is 13.8. The molecular formula is C18H18N4O. The number of nitrogens with one attached hydrogen (secondary N) is 1. The predicted molar refractivity (Wildman–Crippen MR) is 89.9 cm³/mol. The van der Waals surface area contributed by atoms with E-state index >= 15 is 0 Å². The van der Waals surface area contributed by atoms with Crippen LogP contribution in [0.2, 0.25) is 0 Å². The third kappa shape index (κ3) is 2.65. The highest BCUT2D eigenvalue weighted by Crippen LogP contribution is 2.23. The second kappa shape index (κ2) is 5.76. The van der Waals surface area contributed by atoms with E-state index in [9.17, 15) is 4.79 Å². The van der Waals surface area contributed by atoms with Crippen molar-refractivity contribution in [3.05, 3.63) is 54.9 Å². The Bertz CT molecular complexity index is 841. The van der Waals surface area contributed by atoms with E-state index in [4.69, 9.17) is 0 Å². The van der Waals surface area contributed by atoms with Crippen molar-refractivity contribution < 1.29 is 4.79 Å². The summed E-state index contributed by atoms with van der Waals surface area (Å²) in [4.78, 5) is 22.0. The molecule has 3 aromatic rings. The number of nitrogens with zero attached hydrogens (tertiary/aromatic N) is 3. The number of rotatable bonds is 3. The summed E-state index contributed by atoms with van der Waals surface area (Å²) >= 11 is 0. The van der Waals surface area contributed by atoms with E-state index in [1.54, 1.807) is 6.20 Å². The molecule has 1 N–H and O–H groups in total. The van der Waals surface area contributed by atoms with Gasteiger partial charge in [-0.3, -0.25) is 4.79 Å². The van der Waals surface area contributed by atoms with Crippen molar-refractivity contribution in [1.82, 2.24) is 19.4 Å². The highest BCUT2D eigenvalue weighted by atomic mass is 16.2. The Morgan fingerprint density at radius 2 is 2.22 bits per heavy atom. The van der Waals surface area contributed by atoms with Crippen molar-refractivity contribution in [2.75, 3.05) is 13.1 Å². The van der Waals surface area contributed by atoms with Gasteiger partial charge in [0.1, 0.15) is 12.2 Å². The standard InChI is InChI=1S/C18H18N4O/c23-17(21-9-2-1-3-10-21)13-22-11-5-7-16(22)15-12-14-6-4-8-19-18(14)20-15/h1-2,4-8,11-12H,3,9-10,13H2,(H,19,20). The molecular weight excluding hydrogens is 288 g/mol. The molecule has 3 aromatic heterocycles. The van der Waals surface area contributed by atoms with E-state index in [1.165, 1.54) is 0 Å². The van der Waals surface area contributed by atoms with Gasteiger partial charge in [0.2, 0.25) is 5.91 Å². The number of aromatic nitrogens is 3. The van der Waals surface area contributed by atoms with Crippen molar-refractivity contribution in [3.63, 3.8) is 0 Å². The maximum atomic E-state index is 12.5. The summed E-state index contributed by atoms with van der Waals surface area (Å²) in [5, 5.41) is 1.07. The fourth-order valence-corrected chi connectivity index (χ4v) is 3.01. The number of hydrogen-bond donors (Lipinski definition) is 1. The lowest BCUT2D eigenvalue weighted by Gasteiger charge is -2.24.